The number of allylic oxidation sites excluding steroid dienone is 1. The number of aryl methyl sites for hydroxylation is 1. The van der Waals surface area contributed by atoms with Crippen molar-refractivity contribution in [3.63, 3.8) is 0 Å². The van der Waals surface area contributed by atoms with Crippen LogP contribution >= 0.6 is 12.6 Å². The maximum Gasteiger partial charge on any atom is 0.00852 e. The summed E-state index contributed by atoms with van der Waals surface area (Å²) in [5.74, 6) is 0.834. The average molecular weight is 220 g/mol. The molecule has 0 aliphatic heterocycles. The molecule has 0 fully saturated rings. The van der Waals surface area contributed by atoms with Gasteiger partial charge in [-0.3, -0.25) is 0 Å². The first kappa shape index (κ1) is 12.4. The first-order valence-electron chi connectivity index (χ1n) is 5.60. The molecular formula is C14H20S. The number of benzene rings is 1. The molecule has 15 heavy (non-hydrogen) atoms. The van der Waals surface area contributed by atoms with Gasteiger partial charge in [0.05, 0.1) is 0 Å². The minimum absolute atomic E-state index is 0.834. The van der Waals surface area contributed by atoms with E-state index < -0.39 is 0 Å². The highest BCUT2D eigenvalue weighted by atomic mass is 32.1. The van der Waals surface area contributed by atoms with Crippen LogP contribution in [0.15, 0.2) is 35.9 Å². The third-order valence-corrected chi connectivity index (χ3v) is 2.64. The highest BCUT2D eigenvalue weighted by molar-refractivity contribution is 7.80. The lowest BCUT2D eigenvalue weighted by Crippen LogP contribution is -1.90. The molecule has 0 nitrogen and oxygen atoms in total. The number of hydrogen-bond acceptors (Lipinski definition) is 1. The topological polar surface area (TPSA) is 0 Å². The first-order chi connectivity index (χ1) is 7.26. The van der Waals surface area contributed by atoms with Crippen molar-refractivity contribution in [2.45, 2.75) is 33.1 Å². The molecule has 0 atom stereocenters. The molecule has 0 unspecified atom stereocenters. The molecule has 0 aliphatic rings. The van der Waals surface area contributed by atoms with E-state index in [9.17, 15) is 0 Å². The molecule has 0 N–H and O–H groups in total. The molecule has 82 valence electrons. The molecule has 0 saturated heterocycles. The Morgan fingerprint density at radius 1 is 1.33 bits per heavy atom. The molecule has 0 aromatic heterocycles. The third kappa shape index (κ3) is 4.57. The maximum atomic E-state index is 4.20. The first-order valence-corrected chi connectivity index (χ1v) is 6.23. The van der Waals surface area contributed by atoms with Gasteiger partial charge in [-0.25, -0.2) is 0 Å². The molecule has 0 amide bonds. The van der Waals surface area contributed by atoms with Crippen LogP contribution < -0.4 is 0 Å². The number of hydrogen-bond donors (Lipinski definition) is 1. The van der Waals surface area contributed by atoms with Gasteiger partial charge in [0, 0.05) is 5.75 Å². The van der Waals surface area contributed by atoms with Gasteiger partial charge < -0.3 is 0 Å². The summed E-state index contributed by atoms with van der Waals surface area (Å²) >= 11 is 4.20. The zero-order valence-electron chi connectivity index (χ0n) is 9.66. The van der Waals surface area contributed by atoms with Crippen molar-refractivity contribution >= 4 is 12.6 Å². The van der Waals surface area contributed by atoms with Crippen LogP contribution in [0.2, 0.25) is 0 Å². The Labute approximate surface area is 98.8 Å². The number of thiol groups is 1. The van der Waals surface area contributed by atoms with Crippen molar-refractivity contribution in [3.05, 3.63) is 47.0 Å². The van der Waals surface area contributed by atoms with Gasteiger partial charge >= 0.3 is 0 Å². The number of rotatable bonds is 5. The van der Waals surface area contributed by atoms with E-state index in [1.54, 1.807) is 0 Å². The van der Waals surface area contributed by atoms with Crippen LogP contribution in [0, 0.1) is 0 Å². The van der Waals surface area contributed by atoms with Crippen LogP contribution in [0.25, 0.3) is 0 Å². The third-order valence-electron chi connectivity index (χ3n) is 2.45. The second kappa shape index (κ2) is 6.73. The van der Waals surface area contributed by atoms with Crippen molar-refractivity contribution in [2.24, 2.45) is 0 Å². The van der Waals surface area contributed by atoms with E-state index in [0.29, 0.717) is 0 Å². The smallest absolute Gasteiger partial charge is 0.00852 e. The van der Waals surface area contributed by atoms with Gasteiger partial charge in [-0.15, -0.1) is 0 Å². The monoisotopic (exact) mass is 220 g/mol. The summed E-state index contributed by atoms with van der Waals surface area (Å²) in [5, 5.41) is 0. The molecule has 1 heteroatoms. The summed E-state index contributed by atoms with van der Waals surface area (Å²) in [4.78, 5) is 0. The fourth-order valence-electron chi connectivity index (χ4n) is 1.73. The molecule has 0 saturated carbocycles. The summed E-state index contributed by atoms with van der Waals surface area (Å²) in [6.07, 6.45) is 5.63. The van der Waals surface area contributed by atoms with Crippen molar-refractivity contribution < 1.29 is 0 Å². The summed E-state index contributed by atoms with van der Waals surface area (Å²) in [6.45, 7) is 4.39. The quantitative estimate of drug-likeness (QED) is 0.561. The SMILES string of the molecule is CCCc1cccc(CC(C)=CCS)c1. The molecule has 0 spiro atoms. The van der Waals surface area contributed by atoms with E-state index >= 15 is 0 Å². The maximum absolute atomic E-state index is 4.20. The minimum Gasteiger partial charge on any atom is -0.175 e. The fourth-order valence-corrected chi connectivity index (χ4v) is 2.05. The van der Waals surface area contributed by atoms with Gasteiger partial charge in [-0.1, -0.05) is 49.3 Å². The lowest BCUT2D eigenvalue weighted by molar-refractivity contribution is 0.918. The van der Waals surface area contributed by atoms with Crippen LogP contribution in [-0.2, 0) is 12.8 Å². The molecule has 1 aromatic carbocycles. The lowest BCUT2D eigenvalue weighted by Gasteiger charge is -2.04. The van der Waals surface area contributed by atoms with Gasteiger partial charge in [0.25, 0.3) is 0 Å². The van der Waals surface area contributed by atoms with Crippen LogP contribution in [0.3, 0.4) is 0 Å². The van der Waals surface area contributed by atoms with Crippen molar-refractivity contribution in [1.29, 1.82) is 0 Å². The Hall–Kier alpha value is -0.690. The van der Waals surface area contributed by atoms with Gasteiger partial charge in [-0.05, 0) is 30.9 Å². The van der Waals surface area contributed by atoms with Gasteiger partial charge in [0.2, 0.25) is 0 Å². The van der Waals surface area contributed by atoms with Crippen LogP contribution in [0.1, 0.15) is 31.4 Å². The molecule has 1 rings (SSSR count). The van der Waals surface area contributed by atoms with E-state index in [-0.39, 0.29) is 0 Å². The molecular weight excluding hydrogens is 200 g/mol. The molecule has 1 aromatic rings. The predicted molar refractivity (Wildman–Crippen MR) is 71.8 cm³/mol. The van der Waals surface area contributed by atoms with Gasteiger partial charge in [0.15, 0.2) is 0 Å². The summed E-state index contributed by atoms with van der Waals surface area (Å²) in [7, 11) is 0. The second-order valence-electron chi connectivity index (χ2n) is 3.98. The zero-order valence-corrected chi connectivity index (χ0v) is 10.6. The predicted octanol–water partition coefficient (Wildman–Crippen LogP) is 4.06. The van der Waals surface area contributed by atoms with Gasteiger partial charge in [0.1, 0.15) is 0 Å². The van der Waals surface area contributed by atoms with E-state index in [1.807, 2.05) is 0 Å². The Morgan fingerprint density at radius 2 is 2.07 bits per heavy atom. The van der Waals surface area contributed by atoms with Crippen molar-refractivity contribution in [2.75, 3.05) is 5.75 Å². The average Bonchev–Trinajstić information content (AvgIpc) is 2.19. The Balaban J connectivity index is 2.69. The summed E-state index contributed by atoms with van der Waals surface area (Å²) < 4.78 is 0. The largest absolute Gasteiger partial charge is 0.175 e. The minimum atomic E-state index is 0.834. The van der Waals surface area contributed by atoms with Crippen LogP contribution in [0.5, 0.6) is 0 Å². The van der Waals surface area contributed by atoms with E-state index in [4.69, 9.17) is 0 Å². The van der Waals surface area contributed by atoms with Crippen LogP contribution in [0.4, 0.5) is 0 Å². The Morgan fingerprint density at radius 3 is 2.73 bits per heavy atom. The molecule has 0 heterocycles. The Bertz CT molecular complexity index is 326. The summed E-state index contributed by atoms with van der Waals surface area (Å²) in [5.41, 5.74) is 4.27. The standard InChI is InChI=1S/C14H20S/c1-3-5-13-6-4-7-14(11-13)10-12(2)8-9-15/h4,6-8,11,15H,3,5,9-10H2,1-2H3. The van der Waals surface area contributed by atoms with Crippen molar-refractivity contribution in [1.82, 2.24) is 0 Å². The highest BCUT2D eigenvalue weighted by Crippen LogP contribution is 2.11. The fraction of sp³-hybridized carbons (Fsp3) is 0.429. The zero-order chi connectivity index (χ0) is 11.1. The van der Waals surface area contributed by atoms with Crippen LogP contribution in [-0.4, -0.2) is 5.75 Å². The van der Waals surface area contributed by atoms with E-state index in [1.165, 1.54) is 29.5 Å². The normalized spacial score (nSPS) is 11.8. The van der Waals surface area contributed by atoms with E-state index in [0.717, 1.165) is 12.2 Å². The van der Waals surface area contributed by atoms with Crippen molar-refractivity contribution in [3.8, 4) is 0 Å². The molecule has 0 aliphatic carbocycles. The molecule has 0 radical (unpaired) electrons. The Kier molecular flexibility index (Phi) is 5.56. The highest BCUT2D eigenvalue weighted by Gasteiger charge is 1.96. The van der Waals surface area contributed by atoms with Gasteiger partial charge in [-0.2, -0.15) is 12.6 Å². The summed E-state index contributed by atoms with van der Waals surface area (Å²) in [6, 6.07) is 8.90. The lowest BCUT2D eigenvalue weighted by atomic mass is 10.0. The second-order valence-corrected chi connectivity index (χ2v) is 4.34. The van der Waals surface area contributed by atoms with E-state index in [2.05, 4.69) is 56.8 Å². The molecule has 0 bridgehead atoms.